The molecule has 1 aliphatic heterocycles. The van der Waals surface area contributed by atoms with Crippen molar-refractivity contribution < 1.29 is 19.1 Å². The maximum absolute atomic E-state index is 11.5. The van der Waals surface area contributed by atoms with Gasteiger partial charge in [-0.05, 0) is 0 Å². The van der Waals surface area contributed by atoms with Gasteiger partial charge in [0, 0.05) is 0 Å². The molecule has 1 heterocycles. The van der Waals surface area contributed by atoms with E-state index in [1.807, 2.05) is 6.07 Å². The standard InChI is InChI=1S/C11H10O4Se/c12-9-7-16-10(15-9)6-14-11(13)8-4-2-1-3-5-8/h1-5,10H,6-7H2. The van der Waals surface area contributed by atoms with Crippen LogP contribution >= 0.6 is 0 Å². The number of hydrogen-bond acceptors (Lipinski definition) is 4. The number of benzene rings is 1. The first-order valence-electron chi connectivity index (χ1n) is 4.79. The monoisotopic (exact) mass is 286 g/mol. The minimum absolute atomic E-state index is 0.0913. The Bertz CT molecular complexity index is 390. The van der Waals surface area contributed by atoms with Gasteiger partial charge in [-0.15, -0.1) is 0 Å². The van der Waals surface area contributed by atoms with Crippen molar-refractivity contribution in [2.75, 3.05) is 6.61 Å². The van der Waals surface area contributed by atoms with E-state index in [1.165, 1.54) is 0 Å². The Labute approximate surface area is 99.1 Å². The molecule has 0 spiro atoms. The first kappa shape index (κ1) is 11.2. The van der Waals surface area contributed by atoms with Gasteiger partial charge in [-0.25, -0.2) is 0 Å². The molecule has 2 rings (SSSR count). The fourth-order valence-electron chi connectivity index (χ4n) is 1.26. The third kappa shape index (κ3) is 2.84. The van der Waals surface area contributed by atoms with Crippen molar-refractivity contribution in [2.24, 2.45) is 0 Å². The van der Waals surface area contributed by atoms with Crippen LogP contribution in [-0.2, 0) is 14.3 Å². The topological polar surface area (TPSA) is 52.6 Å². The zero-order valence-electron chi connectivity index (χ0n) is 8.42. The number of rotatable bonds is 3. The van der Waals surface area contributed by atoms with Crippen LogP contribution in [0.25, 0.3) is 0 Å². The van der Waals surface area contributed by atoms with Crippen molar-refractivity contribution in [1.82, 2.24) is 0 Å². The normalized spacial score (nSPS) is 19.2. The van der Waals surface area contributed by atoms with E-state index in [9.17, 15) is 9.59 Å². The third-order valence-electron chi connectivity index (χ3n) is 2.01. The molecule has 1 unspecified atom stereocenters. The predicted octanol–water partition coefficient (Wildman–Crippen LogP) is 0.849. The van der Waals surface area contributed by atoms with E-state index >= 15 is 0 Å². The molecule has 0 radical (unpaired) electrons. The van der Waals surface area contributed by atoms with E-state index in [0.29, 0.717) is 10.9 Å². The molecule has 84 valence electrons. The van der Waals surface area contributed by atoms with E-state index in [-0.39, 0.29) is 38.5 Å². The Morgan fingerprint density at radius 1 is 1.44 bits per heavy atom. The van der Waals surface area contributed by atoms with Crippen LogP contribution in [0.5, 0.6) is 0 Å². The molecule has 1 saturated heterocycles. The Hall–Kier alpha value is -1.32. The van der Waals surface area contributed by atoms with E-state index in [1.54, 1.807) is 24.3 Å². The van der Waals surface area contributed by atoms with E-state index in [2.05, 4.69) is 0 Å². The van der Waals surface area contributed by atoms with E-state index in [4.69, 9.17) is 9.47 Å². The first-order chi connectivity index (χ1) is 7.75. The number of ether oxygens (including phenoxy) is 2. The van der Waals surface area contributed by atoms with Crippen molar-refractivity contribution in [3.8, 4) is 0 Å². The number of carbonyl (C=O) groups is 2. The molecule has 0 N–H and O–H groups in total. The molecule has 1 aromatic rings. The molecule has 1 fully saturated rings. The number of carbonyl (C=O) groups excluding carboxylic acids is 2. The van der Waals surface area contributed by atoms with Crippen molar-refractivity contribution >= 4 is 26.9 Å². The van der Waals surface area contributed by atoms with Gasteiger partial charge < -0.3 is 0 Å². The summed E-state index contributed by atoms with van der Waals surface area (Å²) >= 11 is 0.0913. The first-order valence-corrected chi connectivity index (χ1v) is 6.99. The zero-order chi connectivity index (χ0) is 11.4. The molecule has 0 aromatic heterocycles. The van der Waals surface area contributed by atoms with Gasteiger partial charge >= 0.3 is 98.8 Å². The van der Waals surface area contributed by atoms with E-state index < -0.39 is 0 Å². The second-order valence-electron chi connectivity index (χ2n) is 3.19. The summed E-state index contributed by atoms with van der Waals surface area (Å²) in [7, 11) is 0. The van der Waals surface area contributed by atoms with Crippen molar-refractivity contribution in [2.45, 2.75) is 10.3 Å². The van der Waals surface area contributed by atoms with Crippen molar-refractivity contribution in [1.29, 1.82) is 0 Å². The molecule has 5 heteroatoms. The maximum atomic E-state index is 11.5. The van der Waals surface area contributed by atoms with Gasteiger partial charge in [0.2, 0.25) is 0 Å². The summed E-state index contributed by atoms with van der Waals surface area (Å²) in [5, 5.41) is 0.258. The second kappa shape index (κ2) is 5.14. The van der Waals surface area contributed by atoms with Crippen LogP contribution in [0.4, 0.5) is 0 Å². The summed E-state index contributed by atoms with van der Waals surface area (Å²) in [6.45, 7) is 0.166. The van der Waals surface area contributed by atoms with Crippen LogP contribution in [0.15, 0.2) is 30.3 Å². The third-order valence-corrected chi connectivity index (χ3v) is 4.12. The SMILES string of the molecule is O=C1C[Se]C(COC(=O)c2ccccc2)O1. The van der Waals surface area contributed by atoms with E-state index in [0.717, 1.165) is 0 Å². The van der Waals surface area contributed by atoms with Gasteiger partial charge in [0.15, 0.2) is 0 Å². The molecule has 4 nitrogen and oxygen atoms in total. The zero-order valence-corrected chi connectivity index (χ0v) is 10.1. The summed E-state index contributed by atoms with van der Waals surface area (Å²) in [6, 6.07) is 8.76. The Morgan fingerprint density at radius 3 is 2.81 bits per heavy atom. The Morgan fingerprint density at radius 2 is 2.19 bits per heavy atom. The molecule has 0 bridgehead atoms. The summed E-state index contributed by atoms with van der Waals surface area (Å²) in [6.07, 6.45) is 0. The van der Waals surface area contributed by atoms with Crippen LogP contribution < -0.4 is 0 Å². The average Bonchev–Trinajstić information content (AvgIpc) is 2.73. The minimum atomic E-state index is -0.376. The fraction of sp³-hybridized carbons (Fsp3) is 0.273. The second-order valence-corrected chi connectivity index (χ2v) is 5.60. The van der Waals surface area contributed by atoms with Crippen LogP contribution in [0, 0.1) is 0 Å². The average molecular weight is 285 g/mol. The van der Waals surface area contributed by atoms with Crippen molar-refractivity contribution in [3.05, 3.63) is 35.9 Å². The van der Waals surface area contributed by atoms with Gasteiger partial charge in [-0.3, -0.25) is 0 Å². The van der Waals surface area contributed by atoms with Crippen LogP contribution in [0.2, 0.25) is 5.32 Å². The molecule has 0 aliphatic carbocycles. The molecule has 1 aliphatic rings. The van der Waals surface area contributed by atoms with Crippen LogP contribution in [0.3, 0.4) is 0 Å². The molecular formula is C11H10O4Se. The Balaban J connectivity index is 1.82. The van der Waals surface area contributed by atoms with Crippen molar-refractivity contribution in [3.63, 3.8) is 0 Å². The summed E-state index contributed by atoms with van der Waals surface area (Å²) < 4.78 is 10.0. The number of esters is 2. The predicted molar refractivity (Wildman–Crippen MR) is 57.2 cm³/mol. The van der Waals surface area contributed by atoms with Gasteiger partial charge in [-0.2, -0.15) is 0 Å². The summed E-state index contributed by atoms with van der Waals surface area (Å²) in [5.41, 5.74) is 0.513. The molecule has 0 amide bonds. The quantitative estimate of drug-likeness (QED) is 0.610. The van der Waals surface area contributed by atoms with Gasteiger partial charge in [-0.1, -0.05) is 0 Å². The fourth-order valence-corrected chi connectivity index (χ4v) is 2.79. The van der Waals surface area contributed by atoms with Crippen LogP contribution in [-0.4, -0.2) is 38.5 Å². The van der Waals surface area contributed by atoms with Gasteiger partial charge in [0.1, 0.15) is 0 Å². The van der Waals surface area contributed by atoms with Gasteiger partial charge in [0.25, 0.3) is 0 Å². The number of cyclic esters (lactones) is 1. The summed E-state index contributed by atoms with van der Waals surface area (Å²) in [4.78, 5) is 22.3. The molecule has 1 atom stereocenters. The number of hydrogen-bond donors (Lipinski definition) is 0. The molecule has 16 heavy (non-hydrogen) atoms. The van der Waals surface area contributed by atoms with Gasteiger partial charge in [0.05, 0.1) is 0 Å². The molecule has 1 aromatic carbocycles. The van der Waals surface area contributed by atoms with Crippen LogP contribution in [0.1, 0.15) is 10.4 Å². The molecular weight excluding hydrogens is 275 g/mol. The summed E-state index contributed by atoms with van der Waals surface area (Å²) in [5.74, 6) is -0.569. The Kier molecular flexibility index (Phi) is 3.59. The molecule has 0 saturated carbocycles.